The minimum Gasteiger partial charge on any atom is -0.366 e. The Balaban J connectivity index is 1.93. The first kappa shape index (κ1) is 8.53. The largest absolute Gasteiger partial charge is 0.366 e. The Morgan fingerprint density at radius 2 is 2.15 bits per heavy atom. The van der Waals surface area contributed by atoms with Crippen molar-refractivity contribution < 1.29 is 0 Å². The van der Waals surface area contributed by atoms with Gasteiger partial charge in [0.2, 0.25) is 0 Å². The molecule has 1 aliphatic carbocycles. The monoisotopic (exact) mass is 180 g/mol. The van der Waals surface area contributed by atoms with Gasteiger partial charge in [-0.1, -0.05) is 24.5 Å². The highest BCUT2D eigenvalue weighted by atomic mass is 15.4. The highest BCUT2D eigenvalue weighted by Gasteiger charge is 2.13. The molecule has 0 radical (unpaired) electrons. The van der Waals surface area contributed by atoms with Gasteiger partial charge in [-0.05, 0) is 12.8 Å². The van der Waals surface area contributed by atoms with Crippen LogP contribution in [0.5, 0.6) is 0 Å². The third kappa shape index (κ3) is 1.99. The first-order valence-electron chi connectivity index (χ1n) is 4.97. The lowest BCUT2D eigenvalue weighted by Gasteiger charge is -2.23. The maximum atomic E-state index is 3.89. The Morgan fingerprint density at radius 1 is 1.38 bits per heavy atom. The molecule has 1 fully saturated rings. The molecule has 0 bridgehead atoms. The van der Waals surface area contributed by atoms with Gasteiger partial charge in [-0.15, -0.1) is 5.10 Å². The van der Waals surface area contributed by atoms with E-state index in [2.05, 4.69) is 15.6 Å². The Hall–Kier alpha value is -1.06. The summed E-state index contributed by atoms with van der Waals surface area (Å²) in [5, 5.41) is 11.2. The summed E-state index contributed by atoms with van der Waals surface area (Å²) in [5.74, 6) is 1.03. The second kappa shape index (κ2) is 3.77. The van der Waals surface area contributed by atoms with Crippen molar-refractivity contribution in [3.05, 3.63) is 6.20 Å². The summed E-state index contributed by atoms with van der Waals surface area (Å²) in [5.41, 5.74) is 0. The Labute approximate surface area is 78.3 Å². The normalized spacial score (nSPS) is 18.8. The van der Waals surface area contributed by atoms with Crippen LogP contribution in [-0.2, 0) is 7.05 Å². The first-order valence-corrected chi connectivity index (χ1v) is 4.97. The van der Waals surface area contributed by atoms with Crippen LogP contribution in [0.2, 0.25) is 0 Å². The number of hydrogen-bond donors (Lipinski definition) is 1. The number of nitrogens with one attached hydrogen (secondary N) is 1. The van der Waals surface area contributed by atoms with Crippen LogP contribution in [-0.4, -0.2) is 21.0 Å². The van der Waals surface area contributed by atoms with Crippen molar-refractivity contribution in [2.45, 2.75) is 38.1 Å². The number of rotatable bonds is 2. The van der Waals surface area contributed by atoms with E-state index in [1.54, 1.807) is 10.9 Å². The highest BCUT2D eigenvalue weighted by Crippen LogP contribution is 2.20. The van der Waals surface area contributed by atoms with Crippen molar-refractivity contribution in [2.24, 2.45) is 7.05 Å². The number of aryl methyl sites for hydroxylation is 1. The summed E-state index contributed by atoms with van der Waals surface area (Å²) >= 11 is 0. The predicted octanol–water partition coefficient (Wildman–Crippen LogP) is 1.56. The maximum absolute atomic E-state index is 3.89. The van der Waals surface area contributed by atoms with Crippen LogP contribution in [0.3, 0.4) is 0 Å². The standard InChI is InChI=1S/C9H16N4/c1-13-9(7-10-12-13)11-8-5-3-2-4-6-8/h7-8,11H,2-6H2,1H3. The Bertz CT molecular complexity index is 262. The van der Waals surface area contributed by atoms with Crippen molar-refractivity contribution in [3.8, 4) is 0 Å². The van der Waals surface area contributed by atoms with Gasteiger partial charge in [0.1, 0.15) is 5.82 Å². The van der Waals surface area contributed by atoms with Gasteiger partial charge in [0.25, 0.3) is 0 Å². The molecule has 1 aliphatic rings. The average molecular weight is 180 g/mol. The van der Waals surface area contributed by atoms with Crippen LogP contribution >= 0.6 is 0 Å². The molecule has 72 valence electrons. The van der Waals surface area contributed by atoms with Crippen LogP contribution in [0.1, 0.15) is 32.1 Å². The minimum absolute atomic E-state index is 0.631. The number of nitrogens with zero attached hydrogens (tertiary/aromatic N) is 3. The zero-order valence-electron chi connectivity index (χ0n) is 8.03. The summed E-state index contributed by atoms with van der Waals surface area (Å²) in [6, 6.07) is 0.631. The molecule has 0 saturated heterocycles. The third-order valence-corrected chi connectivity index (χ3v) is 2.67. The lowest BCUT2D eigenvalue weighted by atomic mass is 9.96. The number of aromatic nitrogens is 3. The second-order valence-electron chi connectivity index (χ2n) is 3.72. The van der Waals surface area contributed by atoms with E-state index < -0.39 is 0 Å². The molecule has 1 N–H and O–H groups in total. The molecule has 0 aromatic carbocycles. The van der Waals surface area contributed by atoms with Crippen LogP contribution in [0, 0.1) is 0 Å². The van der Waals surface area contributed by atoms with Crippen LogP contribution in [0.4, 0.5) is 5.82 Å². The van der Waals surface area contributed by atoms with E-state index in [9.17, 15) is 0 Å². The van der Waals surface area contributed by atoms with E-state index in [4.69, 9.17) is 0 Å². The van der Waals surface area contributed by atoms with Crippen LogP contribution in [0.25, 0.3) is 0 Å². The highest BCUT2D eigenvalue weighted by molar-refractivity contribution is 5.32. The fourth-order valence-corrected chi connectivity index (χ4v) is 1.88. The molecule has 0 unspecified atom stereocenters. The first-order chi connectivity index (χ1) is 6.36. The molecule has 4 heteroatoms. The number of anilines is 1. The molecule has 0 aliphatic heterocycles. The van der Waals surface area contributed by atoms with E-state index in [0.717, 1.165) is 5.82 Å². The van der Waals surface area contributed by atoms with Crippen molar-refractivity contribution in [1.29, 1.82) is 0 Å². The van der Waals surface area contributed by atoms with E-state index >= 15 is 0 Å². The zero-order chi connectivity index (χ0) is 9.10. The average Bonchev–Trinajstić information content (AvgIpc) is 2.54. The molecule has 0 spiro atoms. The van der Waals surface area contributed by atoms with E-state index in [-0.39, 0.29) is 0 Å². The topological polar surface area (TPSA) is 42.7 Å². The summed E-state index contributed by atoms with van der Waals surface area (Å²) in [6.45, 7) is 0. The lowest BCUT2D eigenvalue weighted by Crippen LogP contribution is -2.23. The zero-order valence-corrected chi connectivity index (χ0v) is 8.03. The van der Waals surface area contributed by atoms with Crippen LogP contribution < -0.4 is 5.32 Å². The summed E-state index contributed by atoms with van der Waals surface area (Å²) in [4.78, 5) is 0. The lowest BCUT2D eigenvalue weighted by molar-refractivity contribution is 0.460. The van der Waals surface area contributed by atoms with E-state index in [1.807, 2.05) is 7.05 Å². The molecule has 0 amide bonds. The fourth-order valence-electron chi connectivity index (χ4n) is 1.88. The van der Waals surface area contributed by atoms with Gasteiger partial charge in [0, 0.05) is 13.1 Å². The molecular weight excluding hydrogens is 164 g/mol. The molecule has 1 saturated carbocycles. The fraction of sp³-hybridized carbons (Fsp3) is 0.778. The van der Waals surface area contributed by atoms with Crippen molar-refractivity contribution in [3.63, 3.8) is 0 Å². The van der Waals surface area contributed by atoms with Crippen molar-refractivity contribution in [2.75, 3.05) is 5.32 Å². The van der Waals surface area contributed by atoms with Gasteiger partial charge < -0.3 is 5.32 Å². The van der Waals surface area contributed by atoms with E-state index in [0.29, 0.717) is 6.04 Å². The van der Waals surface area contributed by atoms with Gasteiger partial charge in [0.05, 0.1) is 6.20 Å². The van der Waals surface area contributed by atoms with Gasteiger partial charge in [0.15, 0.2) is 0 Å². The summed E-state index contributed by atoms with van der Waals surface area (Å²) in [6.07, 6.45) is 8.44. The molecule has 2 rings (SSSR count). The van der Waals surface area contributed by atoms with Crippen molar-refractivity contribution in [1.82, 2.24) is 15.0 Å². The smallest absolute Gasteiger partial charge is 0.144 e. The van der Waals surface area contributed by atoms with E-state index in [1.165, 1.54) is 32.1 Å². The molecule has 1 aromatic rings. The molecular formula is C9H16N4. The SMILES string of the molecule is Cn1nncc1NC1CCCCC1. The predicted molar refractivity (Wildman–Crippen MR) is 51.5 cm³/mol. The maximum Gasteiger partial charge on any atom is 0.144 e. The quantitative estimate of drug-likeness (QED) is 0.751. The molecule has 4 nitrogen and oxygen atoms in total. The molecule has 0 atom stereocenters. The Morgan fingerprint density at radius 3 is 2.77 bits per heavy atom. The van der Waals surface area contributed by atoms with Gasteiger partial charge in [-0.25, -0.2) is 4.68 Å². The van der Waals surface area contributed by atoms with Gasteiger partial charge in [-0.2, -0.15) is 0 Å². The third-order valence-electron chi connectivity index (χ3n) is 2.67. The Kier molecular flexibility index (Phi) is 2.47. The van der Waals surface area contributed by atoms with Crippen molar-refractivity contribution >= 4 is 5.82 Å². The molecule has 1 aromatic heterocycles. The number of hydrogen-bond acceptors (Lipinski definition) is 3. The van der Waals surface area contributed by atoms with Gasteiger partial charge >= 0.3 is 0 Å². The van der Waals surface area contributed by atoms with Gasteiger partial charge in [-0.3, -0.25) is 0 Å². The van der Waals surface area contributed by atoms with Crippen LogP contribution in [0.15, 0.2) is 6.20 Å². The molecule has 1 heterocycles. The summed E-state index contributed by atoms with van der Waals surface area (Å²) in [7, 11) is 1.91. The summed E-state index contributed by atoms with van der Waals surface area (Å²) < 4.78 is 1.79. The molecule has 13 heavy (non-hydrogen) atoms. The second-order valence-corrected chi connectivity index (χ2v) is 3.72. The minimum atomic E-state index is 0.631.